The number of aromatic amines is 1. The van der Waals surface area contributed by atoms with Crippen molar-refractivity contribution in [3.63, 3.8) is 0 Å². The summed E-state index contributed by atoms with van der Waals surface area (Å²) in [5.41, 5.74) is 2.84. The molecule has 0 aliphatic rings. The molecular weight excluding hydrogens is 221 g/mol. The molecule has 0 aliphatic heterocycles. The van der Waals surface area contributed by atoms with Crippen molar-refractivity contribution in [2.24, 2.45) is 0 Å². The van der Waals surface area contributed by atoms with Gasteiger partial charge in [0.05, 0.1) is 0 Å². The molecule has 17 heavy (non-hydrogen) atoms. The van der Waals surface area contributed by atoms with Crippen LogP contribution in [0.25, 0.3) is 10.9 Å². The molecule has 1 aromatic heterocycles. The van der Waals surface area contributed by atoms with E-state index in [-0.39, 0.29) is 12.2 Å². The Kier molecular flexibility index (Phi) is 3.13. The molecule has 90 valence electrons. The highest BCUT2D eigenvalue weighted by Gasteiger charge is 2.09. The van der Waals surface area contributed by atoms with E-state index in [2.05, 4.69) is 4.98 Å². The Labute approximate surface area is 98.3 Å². The Morgan fingerprint density at radius 1 is 1.47 bits per heavy atom. The Hall–Kier alpha value is -1.84. The van der Waals surface area contributed by atoms with Crippen molar-refractivity contribution in [3.8, 4) is 0 Å². The SMILES string of the molecule is Cc1[nH]c2cc(F)ccc2c1CCCC(=O)O. The van der Waals surface area contributed by atoms with Gasteiger partial charge >= 0.3 is 5.97 Å². The number of carbonyl (C=O) groups is 1. The van der Waals surface area contributed by atoms with Gasteiger partial charge in [-0.2, -0.15) is 0 Å². The van der Waals surface area contributed by atoms with Crippen LogP contribution < -0.4 is 0 Å². The molecule has 3 nitrogen and oxygen atoms in total. The molecule has 2 rings (SSSR count). The number of rotatable bonds is 4. The van der Waals surface area contributed by atoms with E-state index in [9.17, 15) is 9.18 Å². The summed E-state index contributed by atoms with van der Waals surface area (Å²) in [5, 5.41) is 9.58. The third-order valence-electron chi connectivity index (χ3n) is 2.90. The Bertz CT molecular complexity index is 560. The van der Waals surface area contributed by atoms with Gasteiger partial charge in [0.15, 0.2) is 0 Å². The Morgan fingerprint density at radius 2 is 2.24 bits per heavy atom. The van der Waals surface area contributed by atoms with Crippen molar-refractivity contribution in [1.29, 1.82) is 0 Å². The van der Waals surface area contributed by atoms with Crippen molar-refractivity contribution in [1.82, 2.24) is 4.98 Å². The van der Waals surface area contributed by atoms with Crippen molar-refractivity contribution in [2.45, 2.75) is 26.2 Å². The van der Waals surface area contributed by atoms with Crippen LogP contribution in [0.3, 0.4) is 0 Å². The quantitative estimate of drug-likeness (QED) is 0.855. The number of nitrogens with one attached hydrogen (secondary N) is 1. The van der Waals surface area contributed by atoms with E-state index in [1.54, 1.807) is 6.07 Å². The van der Waals surface area contributed by atoms with Gasteiger partial charge in [-0.1, -0.05) is 0 Å². The van der Waals surface area contributed by atoms with Gasteiger partial charge in [-0.3, -0.25) is 4.79 Å². The fourth-order valence-corrected chi connectivity index (χ4v) is 2.10. The van der Waals surface area contributed by atoms with Crippen LogP contribution in [0.15, 0.2) is 18.2 Å². The number of aryl methyl sites for hydroxylation is 2. The normalized spacial score (nSPS) is 10.9. The maximum Gasteiger partial charge on any atom is 0.303 e. The van der Waals surface area contributed by atoms with Crippen LogP contribution in [0.4, 0.5) is 4.39 Å². The minimum atomic E-state index is -0.784. The zero-order valence-electron chi connectivity index (χ0n) is 9.59. The fraction of sp³-hybridized carbons (Fsp3) is 0.308. The number of H-pyrrole nitrogens is 1. The van der Waals surface area contributed by atoms with E-state index >= 15 is 0 Å². The summed E-state index contributed by atoms with van der Waals surface area (Å²) in [6, 6.07) is 4.63. The Balaban J connectivity index is 2.27. The predicted octanol–water partition coefficient (Wildman–Crippen LogP) is 3.02. The second-order valence-corrected chi connectivity index (χ2v) is 4.17. The first-order chi connectivity index (χ1) is 8.08. The molecule has 0 radical (unpaired) electrons. The summed E-state index contributed by atoms with van der Waals surface area (Å²) < 4.78 is 13.0. The standard InChI is InChI=1S/C13H14FNO2/c1-8-10(3-2-4-13(16)17)11-6-5-9(14)7-12(11)15-8/h5-7,15H,2-4H2,1H3,(H,16,17). The summed E-state index contributed by atoms with van der Waals surface area (Å²) in [7, 11) is 0. The van der Waals surface area contributed by atoms with Crippen LogP contribution >= 0.6 is 0 Å². The zero-order valence-corrected chi connectivity index (χ0v) is 9.59. The van der Waals surface area contributed by atoms with Gasteiger partial charge in [0, 0.05) is 23.0 Å². The average molecular weight is 235 g/mol. The van der Waals surface area contributed by atoms with Crippen LogP contribution in [0.2, 0.25) is 0 Å². The first-order valence-corrected chi connectivity index (χ1v) is 5.56. The van der Waals surface area contributed by atoms with Crippen LogP contribution in [0.1, 0.15) is 24.1 Å². The molecule has 0 saturated heterocycles. The van der Waals surface area contributed by atoms with E-state index in [0.717, 1.165) is 22.2 Å². The topological polar surface area (TPSA) is 53.1 Å². The predicted molar refractivity (Wildman–Crippen MR) is 63.6 cm³/mol. The number of hydrogen-bond acceptors (Lipinski definition) is 1. The van der Waals surface area contributed by atoms with Crippen molar-refractivity contribution >= 4 is 16.9 Å². The minimum Gasteiger partial charge on any atom is -0.481 e. The second kappa shape index (κ2) is 4.57. The summed E-state index contributed by atoms with van der Waals surface area (Å²) >= 11 is 0. The largest absolute Gasteiger partial charge is 0.481 e. The molecular formula is C13H14FNO2. The molecule has 1 aromatic carbocycles. The third-order valence-corrected chi connectivity index (χ3v) is 2.90. The maximum atomic E-state index is 13.0. The minimum absolute atomic E-state index is 0.160. The first-order valence-electron chi connectivity index (χ1n) is 5.56. The molecule has 0 atom stereocenters. The highest BCUT2D eigenvalue weighted by Crippen LogP contribution is 2.24. The molecule has 2 N–H and O–H groups in total. The van der Waals surface area contributed by atoms with Gasteiger partial charge in [-0.25, -0.2) is 4.39 Å². The van der Waals surface area contributed by atoms with E-state index in [4.69, 9.17) is 5.11 Å². The lowest BCUT2D eigenvalue weighted by molar-refractivity contribution is -0.137. The molecule has 0 aliphatic carbocycles. The average Bonchev–Trinajstić information content (AvgIpc) is 2.54. The van der Waals surface area contributed by atoms with Crippen LogP contribution in [-0.4, -0.2) is 16.1 Å². The molecule has 1 heterocycles. The number of halogens is 1. The van der Waals surface area contributed by atoms with Crippen LogP contribution in [0, 0.1) is 12.7 Å². The summed E-state index contributed by atoms with van der Waals surface area (Å²) in [6.45, 7) is 1.92. The van der Waals surface area contributed by atoms with Gasteiger partial charge in [0.2, 0.25) is 0 Å². The van der Waals surface area contributed by atoms with Gasteiger partial charge in [-0.05, 0) is 43.5 Å². The number of aliphatic carboxylic acids is 1. The van der Waals surface area contributed by atoms with E-state index in [0.29, 0.717) is 12.8 Å². The highest BCUT2D eigenvalue weighted by molar-refractivity contribution is 5.84. The summed E-state index contributed by atoms with van der Waals surface area (Å²) in [4.78, 5) is 13.6. The number of hydrogen-bond donors (Lipinski definition) is 2. The van der Waals surface area contributed by atoms with E-state index in [1.807, 2.05) is 6.92 Å². The Morgan fingerprint density at radius 3 is 2.94 bits per heavy atom. The number of carboxylic acids is 1. The number of aromatic nitrogens is 1. The number of fused-ring (bicyclic) bond motifs is 1. The maximum absolute atomic E-state index is 13.0. The molecule has 2 aromatic rings. The van der Waals surface area contributed by atoms with Crippen LogP contribution in [-0.2, 0) is 11.2 Å². The number of benzene rings is 1. The van der Waals surface area contributed by atoms with Crippen molar-refractivity contribution in [3.05, 3.63) is 35.3 Å². The lowest BCUT2D eigenvalue weighted by Crippen LogP contribution is -1.96. The van der Waals surface area contributed by atoms with Gasteiger partial charge in [0.25, 0.3) is 0 Å². The second-order valence-electron chi connectivity index (χ2n) is 4.17. The third kappa shape index (κ3) is 2.46. The molecule has 0 spiro atoms. The molecule has 0 saturated carbocycles. The van der Waals surface area contributed by atoms with Crippen molar-refractivity contribution in [2.75, 3.05) is 0 Å². The first kappa shape index (κ1) is 11.6. The summed E-state index contributed by atoms with van der Waals surface area (Å²) in [5.74, 6) is -1.05. The molecule has 0 bridgehead atoms. The monoisotopic (exact) mass is 235 g/mol. The molecule has 0 amide bonds. The van der Waals surface area contributed by atoms with E-state index in [1.165, 1.54) is 12.1 Å². The summed E-state index contributed by atoms with van der Waals surface area (Å²) in [6.07, 6.45) is 1.46. The lowest BCUT2D eigenvalue weighted by atomic mass is 10.0. The van der Waals surface area contributed by atoms with Gasteiger partial charge in [-0.15, -0.1) is 0 Å². The smallest absolute Gasteiger partial charge is 0.303 e. The molecule has 4 heteroatoms. The fourth-order valence-electron chi connectivity index (χ4n) is 2.10. The highest BCUT2D eigenvalue weighted by atomic mass is 19.1. The molecule has 0 fully saturated rings. The molecule has 0 unspecified atom stereocenters. The lowest BCUT2D eigenvalue weighted by Gasteiger charge is -1.99. The van der Waals surface area contributed by atoms with Crippen molar-refractivity contribution < 1.29 is 14.3 Å². The van der Waals surface area contributed by atoms with Crippen LogP contribution in [0.5, 0.6) is 0 Å². The van der Waals surface area contributed by atoms with Gasteiger partial charge < -0.3 is 10.1 Å². The van der Waals surface area contributed by atoms with E-state index < -0.39 is 5.97 Å². The number of carboxylic acid groups (broad SMARTS) is 1. The zero-order chi connectivity index (χ0) is 12.4. The van der Waals surface area contributed by atoms with Gasteiger partial charge in [0.1, 0.15) is 5.82 Å².